The lowest BCUT2D eigenvalue weighted by Gasteiger charge is -2.58. The Labute approximate surface area is 367 Å². The lowest BCUT2D eigenvalue weighted by molar-refractivity contribution is -0.313. The molecule has 0 radical (unpaired) electrons. The number of carbonyl (C=O) groups is 1. The summed E-state index contributed by atoms with van der Waals surface area (Å²) < 4.78 is 18.0. The number of carbonyl (C=O) groups excluding carboxylic acids is 1. The maximum atomic E-state index is 12.6. The molecule has 0 aromatic heterocycles. The molecule has 5 aliphatic rings. The fourth-order valence-electron chi connectivity index (χ4n) is 13.2. The first-order chi connectivity index (χ1) is 28.8. The molecule has 0 unspecified atom stereocenters. The third-order valence-electron chi connectivity index (χ3n) is 17.1. The molecule has 4 aliphatic carbocycles. The molecular formula is C53H92O7. The van der Waals surface area contributed by atoms with Crippen molar-refractivity contribution in [3.05, 3.63) is 23.8 Å². The quantitative estimate of drug-likeness (QED) is 0.0477. The second-order valence-corrected chi connectivity index (χ2v) is 21.4. The largest absolute Gasteiger partial charge is 0.463 e. The van der Waals surface area contributed by atoms with E-state index in [2.05, 4.69) is 66.7 Å². The van der Waals surface area contributed by atoms with Gasteiger partial charge in [-0.25, -0.2) is 0 Å². The summed E-state index contributed by atoms with van der Waals surface area (Å²) in [5, 5.41) is 32.5. The third-order valence-corrected chi connectivity index (χ3v) is 17.1. The fourth-order valence-corrected chi connectivity index (χ4v) is 13.2. The van der Waals surface area contributed by atoms with Crippen molar-refractivity contribution in [2.45, 2.75) is 246 Å². The van der Waals surface area contributed by atoms with E-state index in [0.717, 1.165) is 62.7 Å². The fraction of sp³-hybridized carbons (Fsp3) is 0.906. The summed E-state index contributed by atoms with van der Waals surface area (Å²) in [4.78, 5) is 12.6. The molecule has 1 saturated heterocycles. The van der Waals surface area contributed by atoms with Gasteiger partial charge < -0.3 is 29.5 Å². The van der Waals surface area contributed by atoms with Crippen LogP contribution in [-0.4, -0.2) is 64.7 Å². The zero-order chi connectivity index (χ0) is 43.3. The second kappa shape index (κ2) is 24.2. The standard InChI is InChI=1S/C53H92O7/c1-8-10-11-12-13-14-15-16-17-18-19-20-21-22-23-24-47(54)58-36-46-48(55)49(56)50(57)51(60-46)59-41-31-33-52(6)40(35-41)27-28-42-44-30-29-43(53(44,7)34-32-45(42)52)38(5)25-26-39(9-2)37(3)4/h25-27,37-39,41-46,48-51,55-57H,8-24,28-36H2,1-7H3/b26-25+/t38-,39-,41+,42+,43-,44+,45+,46-,48-,49+,50-,51-,52+,53-/m1/s1. The molecule has 5 rings (SSSR count). The minimum absolute atomic E-state index is 0.147. The maximum absolute atomic E-state index is 12.6. The summed E-state index contributed by atoms with van der Waals surface area (Å²) in [6.45, 7) is 16.8. The Bertz CT molecular complexity index is 1330. The molecule has 0 spiro atoms. The van der Waals surface area contributed by atoms with Crippen LogP contribution in [0.3, 0.4) is 0 Å². The van der Waals surface area contributed by atoms with Gasteiger partial charge >= 0.3 is 5.97 Å². The highest BCUT2D eigenvalue weighted by Gasteiger charge is 2.59. The lowest BCUT2D eigenvalue weighted by Crippen LogP contribution is -2.60. The number of esters is 1. The summed E-state index contributed by atoms with van der Waals surface area (Å²) in [6, 6.07) is 0. The molecule has 346 valence electrons. The van der Waals surface area contributed by atoms with Crippen molar-refractivity contribution in [2.75, 3.05) is 6.61 Å². The number of fused-ring (bicyclic) bond motifs is 5. The maximum Gasteiger partial charge on any atom is 0.305 e. The predicted molar refractivity (Wildman–Crippen MR) is 244 cm³/mol. The van der Waals surface area contributed by atoms with E-state index >= 15 is 0 Å². The number of aliphatic hydroxyl groups is 3. The Morgan fingerprint density at radius 3 is 2.03 bits per heavy atom. The van der Waals surface area contributed by atoms with Gasteiger partial charge in [0, 0.05) is 6.42 Å². The first-order valence-electron chi connectivity index (χ1n) is 25.7. The molecule has 1 heterocycles. The van der Waals surface area contributed by atoms with Gasteiger partial charge in [0.1, 0.15) is 31.0 Å². The highest BCUT2D eigenvalue weighted by Crippen LogP contribution is 2.67. The number of ether oxygens (including phenoxy) is 3. The normalized spacial score (nSPS) is 36.4. The van der Waals surface area contributed by atoms with E-state index in [1.165, 1.54) is 115 Å². The van der Waals surface area contributed by atoms with Crippen LogP contribution in [0.25, 0.3) is 0 Å². The molecule has 60 heavy (non-hydrogen) atoms. The molecular weight excluding hydrogens is 749 g/mol. The summed E-state index contributed by atoms with van der Waals surface area (Å²) in [5.74, 6) is 4.62. The highest BCUT2D eigenvalue weighted by molar-refractivity contribution is 5.69. The van der Waals surface area contributed by atoms with Crippen LogP contribution in [0, 0.1) is 52.3 Å². The van der Waals surface area contributed by atoms with Crippen molar-refractivity contribution >= 4 is 5.97 Å². The van der Waals surface area contributed by atoms with Crippen LogP contribution in [0.2, 0.25) is 0 Å². The smallest absolute Gasteiger partial charge is 0.305 e. The topological polar surface area (TPSA) is 105 Å². The minimum Gasteiger partial charge on any atom is -0.463 e. The summed E-state index contributed by atoms with van der Waals surface area (Å²) in [6.07, 6.45) is 31.0. The monoisotopic (exact) mass is 841 g/mol. The van der Waals surface area contributed by atoms with Gasteiger partial charge in [-0.2, -0.15) is 0 Å². The van der Waals surface area contributed by atoms with Crippen LogP contribution >= 0.6 is 0 Å². The van der Waals surface area contributed by atoms with Crippen molar-refractivity contribution < 1.29 is 34.3 Å². The van der Waals surface area contributed by atoms with Crippen LogP contribution in [0.1, 0.15) is 209 Å². The first kappa shape index (κ1) is 49.8. The summed E-state index contributed by atoms with van der Waals surface area (Å²) in [5.41, 5.74) is 2.05. The number of hydrogen-bond acceptors (Lipinski definition) is 7. The molecule has 7 nitrogen and oxygen atoms in total. The SMILES string of the molecule is CCCCCCCCCCCCCCCCCC(=O)OC[C@H]1O[C@@H](O[C@H]2CC[C@@]3(C)C(=CC[C@H]4[C@@H]5CC[C@H]([C@H](C)/C=C/[C@@H](CC)C(C)C)[C@@]5(C)CC[C@@H]43)C2)[C@H](O)[C@@H](O)[C@@H]1O. The number of unbranched alkanes of at least 4 members (excludes halogenated alkanes) is 14. The van der Waals surface area contributed by atoms with Crippen molar-refractivity contribution in [1.29, 1.82) is 0 Å². The zero-order valence-corrected chi connectivity index (χ0v) is 39.6. The molecule has 0 aromatic carbocycles. The second-order valence-electron chi connectivity index (χ2n) is 21.4. The van der Waals surface area contributed by atoms with Gasteiger partial charge in [0.2, 0.25) is 0 Å². The average Bonchev–Trinajstić information content (AvgIpc) is 3.59. The number of aliphatic hydroxyl groups excluding tert-OH is 3. The number of hydrogen-bond donors (Lipinski definition) is 3. The predicted octanol–water partition coefficient (Wildman–Crippen LogP) is 12.4. The molecule has 0 bridgehead atoms. The summed E-state index contributed by atoms with van der Waals surface area (Å²) in [7, 11) is 0. The van der Waals surface area contributed by atoms with Crippen LogP contribution in [0.4, 0.5) is 0 Å². The zero-order valence-electron chi connectivity index (χ0n) is 39.6. The van der Waals surface area contributed by atoms with Gasteiger partial charge in [0.05, 0.1) is 6.10 Å². The van der Waals surface area contributed by atoms with Gasteiger partial charge in [-0.05, 0) is 116 Å². The van der Waals surface area contributed by atoms with E-state index in [1.807, 2.05) is 0 Å². The van der Waals surface area contributed by atoms with E-state index in [0.29, 0.717) is 35.5 Å². The van der Waals surface area contributed by atoms with Crippen LogP contribution in [0.5, 0.6) is 0 Å². The minimum atomic E-state index is -1.44. The van der Waals surface area contributed by atoms with Crippen molar-refractivity contribution in [3.63, 3.8) is 0 Å². The van der Waals surface area contributed by atoms with Gasteiger partial charge in [-0.3, -0.25) is 4.79 Å². The molecule has 0 amide bonds. The molecule has 1 aliphatic heterocycles. The Morgan fingerprint density at radius 1 is 0.783 bits per heavy atom. The Hall–Kier alpha value is -1.25. The molecule has 0 aromatic rings. The third kappa shape index (κ3) is 12.7. The Balaban J connectivity index is 1.02. The highest BCUT2D eigenvalue weighted by atomic mass is 16.7. The molecule has 7 heteroatoms. The van der Waals surface area contributed by atoms with E-state index in [1.54, 1.807) is 0 Å². The van der Waals surface area contributed by atoms with Gasteiger partial charge in [0.25, 0.3) is 0 Å². The van der Waals surface area contributed by atoms with Crippen molar-refractivity contribution in [3.8, 4) is 0 Å². The van der Waals surface area contributed by atoms with Crippen molar-refractivity contribution in [1.82, 2.24) is 0 Å². The van der Waals surface area contributed by atoms with E-state index < -0.39 is 30.7 Å². The summed E-state index contributed by atoms with van der Waals surface area (Å²) >= 11 is 0. The van der Waals surface area contributed by atoms with Crippen LogP contribution in [0.15, 0.2) is 23.8 Å². The van der Waals surface area contributed by atoms with Gasteiger partial charge in [-0.15, -0.1) is 0 Å². The molecule has 3 saturated carbocycles. The molecule has 3 N–H and O–H groups in total. The van der Waals surface area contributed by atoms with E-state index in [-0.39, 0.29) is 24.1 Å². The lowest BCUT2D eigenvalue weighted by atomic mass is 9.47. The molecule has 14 atom stereocenters. The number of rotatable bonds is 25. The van der Waals surface area contributed by atoms with Gasteiger partial charge in [0.15, 0.2) is 6.29 Å². The molecule has 4 fully saturated rings. The number of allylic oxidation sites excluding steroid dienone is 3. The van der Waals surface area contributed by atoms with Crippen molar-refractivity contribution in [2.24, 2.45) is 52.3 Å². The Kier molecular flexibility index (Phi) is 20.0. The Morgan fingerprint density at radius 2 is 1.42 bits per heavy atom. The van der Waals surface area contributed by atoms with E-state index in [4.69, 9.17) is 14.2 Å². The first-order valence-corrected chi connectivity index (χ1v) is 25.7. The van der Waals surface area contributed by atoms with Crippen LogP contribution < -0.4 is 0 Å². The van der Waals surface area contributed by atoms with Gasteiger partial charge in [-0.1, -0.05) is 162 Å². The van der Waals surface area contributed by atoms with Crippen LogP contribution in [-0.2, 0) is 19.0 Å². The average molecular weight is 841 g/mol. The van der Waals surface area contributed by atoms with E-state index in [9.17, 15) is 20.1 Å².